The van der Waals surface area contributed by atoms with Crippen LogP contribution in [0.3, 0.4) is 0 Å². The van der Waals surface area contributed by atoms with E-state index in [-0.39, 0.29) is 36.9 Å². The van der Waals surface area contributed by atoms with Crippen molar-refractivity contribution in [3.63, 3.8) is 0 Å². The Hall–Kier alpha value is -4.53. The maximum atomic E-state index is 14.7. The largest absolute Gasteiger partial charge is 0.508 e. The second-order valence-electron chi connectivity index (χ2n) is 12.7. The Morgan fingerprint density at radius 2 is 1.54 bits per heavy atom. The number of phenolic OH excluding ortho intramolecular Hbond substituents is 2. The van der Waals surface area contributed by atoms with E-state index < -0.39 is 29.7 Å². The molecule has 9 nitrogen and oxygen atoms in total. The Labute approximate surface area is 273 Å². The van der Waals surface area contributed by atoms with E-state index in [9.17, 15) is 24.6 Å². The molecule has 3 aromatic carbocycles. The van der Waals surface area contributed by atoms with Crippen LogP contribution in [0.5, 0.6) is 11.5 Å². The van der Waals surface area contributed by atoms with Crippen molar-refractivity contribution in [1.29, 1.82) is 0 Å². The van der Waals surface area contributed by atoms with Gasteiger partial charge in [0.25, 0.3) is 0 Å². The van der Waals surface area contributed by atoms with Crippen LogP contribution in [0.15, 0.2) is 72.8 Å². The lowest BCUT2D eigenvalue weighted by atomic mass is 9.98. The third-order valence-corrected chi connectivity index (χ3v) is 7.56. The number of nitrogens with one attached hydrogen (secondary N) is 2. The number of hydrogen-bond acceptors (Lipinski definition) is 6. The maximum absolute atomic E-state index is 14.7. The third-order valence-electron chi connectivity index (χ3n) is 7.56. The normalized spacial score (nSPS) is 12.5. The summed E-state index contributed by atoms with van der Waals surface area (Å²) in [6, 6.07) is 18.7. The zero-order valence-corrected chi connectivity index (χ0v) is 27.7. The van der Waals surface area contributed by atoms with Crippen LogP contribution in [0, 0.1) is 6.92 Å². The molecule has 2 unspecified atom stereocenters. The standard InChI is InChI=1S/C37H49N3O6/c1-6-7-8-9-13-22-40(35(44)31(39-36(45)46-37(3,4)5)24-27-16-19-30(41)20-17-27)33(29-18-21-32(42)26(2)23-29)34(43)38-25-28-14-11-10-12-15-28/h10-12,14-21,23,31,33,41-42H,6-9,13,22,24-25H2,1-5H3,(H,38,43)(H,39,45). The molecule has 2 atom stereocenters. The lowest BCUT2D eigenvalue weighted by Gasteiger charge is -2.35. The number of aromatic hydroxyl groups is 2. The van der Waals surface area contributed by atoms with Crippen LogP contribution in [0.4, 0.5) is 4.79 Å². The van der Waals surface area contributed by atoms with Crippen molar-refractivity contribution >= 4 is 17.9 Å². The summed E-state index contributed by atoms with van der Waals surface area (Å²) in [5.41, 5.74) is 1.94. The van der Waals surface area contributed by atoms with Crippen molar-refractivity contribution in [2.45, 2.75) is 97.4 Å². The van der Waals surface area contributed by atoms with Crippen LogP contribution in [-0.4, -0.2) is 51.2 Å². The number of phenols is 2. The monoisotopic (exact) mass is 631 g/mol. The Morgan fingerprint density at radius 3 is 2.17 bits per heavy atom. The van der Waals surface area contributed by atoms with Crippen molar-refractivity contribution in [3.05, 3.63) is 95.1 Å². The molecule has 0 spiro atoms. The second-order valence-corrected chi connectivity index (χ2v) is 12.7. The first kappa shape index (κ1) is 35.9. The number of rotatable bonds is 15. The van der Waals surface area contributed by atoms with Gasteiger partial charge in [0.15, 0.2) is 0 Å². The first-order valence-corrected chi connectivity index (χ1v) is 16.1. The van der Waals surface area contributed by atoms with Crippen LogP contribution >= 0.6 is 0 Å². The van der Waals surface area contributed by atoms with Gasteiger partial charge in [-0.2, -0.15) is 0 Å². The fraction of sp³-hybridized carbons (Fsp3) is 0.432. The summed E-state index contributed by atoms with van der Waals surface area (Å²) in [5.74, 6) is -0.656. The zero-order chi connectivity index (χ0) is 33.7. The highest BCUT2D eigenvalue weighted by Crippen LogP contribution is 2.28. The van der Waals surface area contributed by atoms with Crippen LogP contribution in [0.25, 0.3) is 0 Å². The molecule has 0 aliphatic rings. The van der Waals surface area contributed by atoms with Gasteiger partial charge in [-0.15, -0.1) is 0 Å². The Balaban J connectivity index is 2.05. The lowest BCUT2D eigenvalue weighted by molar-refractivity contribution is -0.142. The first-order valence-electron chi connectivity index (χ1n) is 16.1. The molecule has 3 rings (SSSR count). The number of amides is 3. The minimum absolute atomic E-state index is 0.0817. The number of carbonyl (C=O) groups excluding carboxylic acids is 3. The van der Waals surface area contributed by atoms with Gasteiger partial charge in [0.1, 0.15) is 29.2 Å². The maximum Gasteiger partial charge on any atom is 0.408 e. The van der Waals surface area contributed by atoms with Gasteiger partial charge in [-0.25, -0.2) is 4.79 Å². The summed E-state index contributed by atoms with van der Waals surface area (Å²) in [6.07, 6.45) is 4.01. The number of ether oxygens (including phenoxy) is 1. The van der Waals surface area contributed by atoms with E-state index in [1.54, 1.807) is 56.9 Å². The highest BCUT2D eigenvalue weighted by molar-refractivity contribution is 5.92. The van der Waals surface area contributed by atoms with Gasteiger partial charge < -0.3 is 30.5 Å². The molecule has 0 bridgehead atoms. The van der Waals surface area contributed by atoms with Crippen LogP contribution in [-0.2, 0) is 27.3 Å². The molecule has 4 N–H and O–H groups in total. The second kappa shape index (κ2) is 17.2. The summed E-state index contributed by atoms with van der Waals surface area (Å²) < 4.78 is 5.52. The number of nitrogens with zero attached hydrogens (tertiary/aromatic N) is 1. The average Bonchev–Trinajstić information content (AvgIpc) is 3.01. The molecule has 248 valence electrons. The minimum Gasteiger partial charge on any atom is -0.508 e. The topological polar surface area (TPSA) is 128 Å². The molecule has 0 radical (unpaired) electrons. The van der Waals surface area contributed by atoms with Crippen LogP contribution in [0.2, 0.25) is 0 Å². The van der Waals surface area contributed by atoms with E-state index in [1.165, 1.54) is 18.2 Å². The number of benzene rings is 3. The Bertz CT molecular complexity index is 1420. The minimum atomic E-state index is -1.07. The van der Waals surface area contributed by atoms with Gasteiger partial charge in [0.2, 0.25) is 11.8 Å². The van der Waals surface area contributed by atoms with Gasteiger partial charge in [-0.3, -0.25) is 9.59 Å². The molecule has 0 saturated heterocycles. The molecule has 0 aromatic heterocycles. The van der Waals surface area contributed by atoms with Gasteiger partial charge in [0.05, 0.1) is 0 Å². The summed E-state index contributed by atoms with van der Waals surface area (Å²) in [7, 11) is 0. The number of unbranched alkanes of at least 4 members (excludes halogenated alkanes) is 4. The fourth-order valence-corrected chi connectivity index (χ4v) is 5.17. The molecule has 0 aliphatic heterocycles. The first-order chi connectivity index (χ1) is 21.9. The SMILES string of the molecule is CCCCCCCN(C(=O)C(Cc1ccc(O)cc1)NC(=O)OC(C)(C)C)C(C(=O)NCc1ccccc1)c1ccc(O)c(C)c1. The number of hydrogen-bond donors (Lipinski definition) is 4. The van der Waals surface area contributed by atoms with E-state index >= 15 is 0 Å². The van der Waals surface area contributed by atoms with Crippen LogP contribution in [0.1, 0.15) is 88.1 Å². The Kier molecular flexibility index (Phi) is 13.5. The quantitative estimate of drug-likeness (QED) is 0.138. The number of aryl methyl sites for hydroxylation is 1. The van der Waals surface area contributed by atoms with Crippen molar-refractivity contribution < 1.29 is 29.3 Å². The summed E-state index contributed by atoms with van der Waals surface area (Å²) in [5, 5.41) is 25.9. The average molecular weight is 632 g/mol. The van der Waals surface area contributed by atoms with E-state index in [0.717, 1.165) is 31.2 Å². The fourth-order valence-electron chi connectivity index (χ4n) is 5.17. The third kappa shape index (κ3) is 11.4. The predicted octanol–water partition coefficient (Wildman–Crippen LogP) is 6.70. The highest BCUT2D eigenvalue weighted by atomic mass is 16.6. The highest BCUT2D eigenvalue weighted by Gasteiger charge is 2.36. The van der Waals surface area contributed by atoms with Crippen LogP contribution < -0.4 is 10.6 Å². The molecule has 3 amide bonds. The smallest absolute Gasteiger partial charge is 0.408 e. The number of carbonyl (C=O) groups is 3. The molecule has 46 heavy (non-hydrogen) atoms. The van der Waals surface area contributed by atoms with E-state index in [1.807, 2.05) is 30.3 Å². The molecular weight excluding hydrogens is 582 g/mol. The number of alkyl carbamates (subject to hydrolysis) is 1. The predicted molar refractivity (Wildman–Crippen MR) is 179 cm³/mol. The van der Waals surface area contributed by atoms with E-state index in [2.05, 4.69) is 17.6 Å². The summed E-state index contributed by atoms with van der Waals surface area (Å²) >= 11 is 0. The van der Waals surface area contributed by atoms with E-state index in [0.29, 0.717) is 23.1 Å². The van der Waals surface area contributed by atoms with Crippen molar-refractivity contribution in [1.82, 2.24) is 15.5 Å². The molecule has 9 heteroatoms. The molecule has 0 fully saturated rings. The van der Waals surface area contributed by atoms with Gasteiger partial charge in [0, 0.05) is 19.5 Å². The summed E-state index contributed by atoms with van der Waals surface area (Å²) in [4.78, 5) is 43.4. The molecule has 3 aromatic rings. The molecule has 0 heterocycles. The van der Waals surface area contributed by atoms with Gasteiger partial charge >= 0.3 is 6.09 Å². The Morgan fingerprint density at radius 1 is 0.870 bits per heavy atom. The molecule has 0 saturated carbocycles. The van der Waals surface area contributed by atoms with Crippen molar-refractivity contribution in [2.24, 2.45) is 0 Å². The summed E-state index contributed by atoms with van der Waals surface area (Å²) in [6.45, 7) is 9.64. The molecule has 0 aliphatic carbocycles. The lowest BCUT2D eigenvalue weighted by Crippen LogP contribution is -2.54. The van der Waals surface area contributed by atoms with Gasteiger partial charge in [-0.05, 0) is 80.6 Å². The molecular formula is C37H49N3O6. The van der Waals surface area contributed by atoms with Crippen molar-refractivity contribution in [2.75, 3.05) is 6.54 Å². The van der Waals surface area contributed by atoms with E-state index in [4.69, 9.17) is 4.74 Å². The zero-order valence-electron chi connectivity index (χ0n) is 27.7. The van der Waals surface area contributed by atoms with Crippen molar-refractivity contribution in [3.8, 4) is 11.5 Å². The van der Waals surface area contributed by atoms with Gasteiger partial charge in [-0.1, -0.05) is 81.1 Å².